The van der Waals surface area contributed by atoms with E-state index in [0.717, 1.165) is 12.1 Å². The average Bonchev–Trinajstić information content (AvgIpc) is 2.70. The van der Waals surface area contributed by atoms with Gasteiger partial charge in [0.05, 0.1) is 11.9 Å². The van der Waals surface area contributed by atoms with Crippen molar-refractivity contribution >= 4 is 0 Å². The third-order valence-corrected chi connectivity index (χ3v) is 2.15. The van der Waals surface area contributed by atoms with Crippen LogP contribution in [0.5, 0.6) is 0 Å². The molecule has 1 aromatic carbocycles. The van der Waals surface area contributed by atoms with Crippen LogP contribution in [0.25, 0.3) is 11.1 Å². The molecule has 2 rings (SSSR count). The maximum Gasteiger partial charge on any atom is 0.159 e. The Kier molecular flexibility index (Phi) is 2.47. The molecule has 15 heavy (non-hydrogen) atoms. The number of nitrogens with one attached hydrogen (secondary N) is 1. The minimum Gasteiger partial charge on any atom is -0.325 e. The lowest BCUT2D eigenvalue weighted by atomic mass is 10.1. The Morgan fingerprint density at radius 2 is 2.07 bits per heavy atom. The molecular weight excluding hydrogens is 200 g/mol. The smallest absolute Gasteiger partial charge is 0.159 e. The highest BCUT2D eigenvalue weighted by Crippen LogP contribution is 2.23. The van der Waals surface area contributed by atoms with Crippen molar-refractivity contribution in [3.8, 4) is 11.1 Å². The van der Waals surface area contributed by atoms with E-state index in [1.165, 1.54) is 12.3 Å². The van der Waals surface area contributed by atoms with Gasteiger partial charge in [-0.05, 0) is 17.7 Å². The molecule has 0 aliphatic rings. The SMILES string of the molecule is NCc1[nH]ncc1-c1ccc(F)c(F)c1. The first-order valence-corrected chi connectivity index (χ1v) is 4.40. The Morgan fingerprint density at radius 3 is 2.73 bits per heavy atom. The molecule has 1 heterocycles. The van der Waals surface area contributed by atoms with Crippen LogP contribution in [0.1, 0.15) is 5.69 Å². The Bertz CT molecular complexity index is 479. The number of benzene rings is 1. The predicted octanol–water partition coefficient (Wildman–Crippen LogP) is 1.81. The lowest BCUT2D eigenvalue weighted by molar-refractivity contribution is 0.509. The first-order chi connectivity index (χ1) is 7.22. The number of aromatic amines is 1. The Balaban J connectivity index is 2.50. The van der Waals surface area contributed by atoms with Gasteiger partial charge in [-0.2, -0.15) is 5.10 Å². The molecule has 0 saturated carbocycles. The summed E-state index contributed by atoms with van der Waals surface area (Å²) in [6.45, 7) is 0.272. The van der Waals surface area contributed by atoms with E-state index < -0.39 is 11.6 Å². The second kappa shape index (κ2) is 3.78. The first-order valence-electron chi connectivity index (χ1n) is 4.40. The van der Waals surface area contributed by atoms with Crippen LogP contribution in [0.3, 0.4) is 0 Å². The van der Waals surface area contributed by atoms with Crippen molar-refractivity contribution in [2.75, 3.05) is 0 Å². The van der Waals surface area contributed by atoms with Gasteiger partial charge in [0.25, 0.3) is 0 Å². The highest BCUT2D eigenvalue weighted by Gasteiger charge is 2.09. The fraction of sp³-hybridized carbons (Fsp3) is 0.100. The molecule has 3 nitrogen and oxygen atoms in total. The Hall–Kier alpha value is -1.75. The number of nitrogens with zero attached hydrogens (tertiary/aromatic N) is 1. The molecule has 78 valence electrons. The van der Waals surface area contributed by atoms with Crippen LogP contribution in [-0.4, -0.2) is 10.2 Å². The Morgan fingerprint density at radius 1 is 1.27 bits per heavy atom. The monoisotopic (exact) mass is 209 g/mol. The molecule has 1 aromatic heterocycles. The van der Waals surface area contributed by atoms with Crippen molar-refractivity contribution in [3.63, 3.8) is 0 Å². The minimum atomic E-state index is -0.878. The van der Waals surface area contributed by atoms with E-state index in [0.29, 0.717) is 16.8 Å². The molecule has 0 unspecified atom stereocenters. The van der Waals surface area contributed by atoms with Crippen molar-refractivity contribution in [1.82, 2.24) is 10.2 Å². The van der Waals surface area contributed by atoms with Crippen molar-refractivity contribution in [2.45, 2.75) is 6.54 Å². The van der Waals surface area contributed by atoms with E-state index >= 15 is 0 Å². The van der Waals surface area contributed by atoms with Crippen LogP contribution in [0.4, 0.5) is 8.78 Å². The van der Waals surface area contributed by atoms with Crippen molar-refractivity contribution < 1.29 is 8.78 Å². The van der Waals surface area contributed by atoms with Crippen molar-refractivity contribution in [1.29, 1.82) is 0 Å². The number of nitrogens with two attached hydrogens (primary N) is 1. The summed E-state index contributed by atoms with van der Waals surface area (Å²) in [6, 6.07) is 3.69. The summed E-state index contributed by atoms with van der Waals surface area (Å²) < 4.78 is 25.7. The van der Waals surface area contributed by atoms with Gasteiger partial charge in [-0.3, -0.25) is 5.10 Å². The third-order valence-electron chi connectivity index (χ3n) is 2.15. The molecule has 0 radical (unpaired) electrons. The summed E-state index contributed by atoms with van der Waals surface area (Å²) in [7, 11) is 0. The molecule has 0 aliphatic carbocycles. The van der Waals surface area contributed by atoms with E-state index in [4.69, 9.17) is 5.73 Å². The van der Waals surface area contributed by atoms with Crippen LogP contribution in [0.15, 0.2) is 24.4 Å². The first kappa shape index (κ1) is 9.79. The number of aromatic nitrogens is 2. The zero-order valence-corrected chi connectivity index (χ0v) is 7.80. The van der Waals surface area contributed by atoms with Crippen LogP contribution < -0.4 is 5.73 Å². The number of H-pyrrole nitrogens is 1. The highest BCUT2D eigenvalue weighted by molar-refractivity contribution is 5.65. The van der Waals surface area contributed by atoms with Gasteiger partial charge in [-0.15, -0.1) is 0 Å². The second-order valence-corrected chi connectivity index (χ2v) is 3.10. The lowest BCUT2D eigenvalue weighted by Gasteiger charge is -2.01. The third kappa shape index (κ3) is 1.73. The standard InChI is InChI=1S/C10H9F2N3/c11-8-2-1-6(3-9(8)12)7-5-14-15-10(7)4-13/h1-3,5H,4,13H2,(H,14,15). The Labute approximate surface area is 84.9 Å². The van der Waals surface area contributed by atoms with E-state index in [-0.39, 0.29) is 6.54 Å². The largest absolute Gasteiger partial charge is 0.325 e. The summed E-state index contributed by atoms with van der Waals surface area (Å²) in [6.07, 6.45) is 1.54. The van der Waals surface area contributed by atoms with Crippen LogP contribution in [0, 0.1) is 11.6 Å². The minimum absolute atomic E-state index is 0.272. The molecule has 0 amide bonds. The van der Waals surface area contributed by atoms with E-state index in [2.05, 4.69) is 10.2 Å². The summed E-state index contributed by atoms with van der Waals surface area (Å²) in [5.41, 5.74) is 7.41. The summed E-state index contributed by atoms with van der Waals surface area (Å²) in [5.74, 6) is -1.74. The normalized spacial score (nSPS) is 10.6. The maximum atomic E-state index is 13.0. The molecular formula is C10H9F2N3. The van der Waals surface area contributed by atoms with E-state index in [1.54, 1.807) is 0 Å². The van der Waals surface area contributed by atoms with Crippen LogP contribution >= 0.6 is 0 Å². The summed E-state index contributed by atoms with van der Waals surface area (Å²) >= 11 is 0. The molecule has 0 saturated heterocycles. The molecule has 0 bridgehead atoms. The van der Waals surface area contributed by atoms with Crippen molar-refractivity contribution in [2.24, 2.45) is 5.73 Å². The maximum absolute atomic E-state index is 13.0. The predicted molar refractivity (Wildman–Crippen MR) is 51.8 cm³/mol. The number of halogens is 2. The zero-order valence-electron chi connectivity index (χ0n) is 7.80. The van der Waals surface area contributed by atoms with Crippen LogP contribution in [-0.2, 0) is 6.54 Å². The fourth-order valence-electron chi connectivity index (χ4n) is 1.38. The van der Waals surface area contributed by atoms with Gasteiger partial charge in [0.1, 0.15) is 0 Å². The number of hydrogen-bond acceptors (Lipinski definition) is 2. The van der Waals surface area contributed by atoms with Gasteiger partial charge in [0.15, 0.2) is 11.6 Å². The highest BCUT2D eigenvalue weighted by atomic mass is 19.2. The molecule has 5 heteroatoms. The van der Waals surface area contributed by atoms with E-state index in [1.807, 2.05) is 0 Å². The topological polar surface area (TPSA) is 54.7 Å². The van der Waals surface area contributed by atoms with Gasteiger partial charge in [0, 0.05) is 12.1 Å². The molecule has 0 atom stereocenters. The van der Waals surface area contributed by atoms with Crippen LogP contribution in [0.2, 0.25) is 0 Å². The van der Waals surface area contributed by atoms with Crippen molar-refractivity contribution in [3.05, 3.63) is 41.7 Å². The summed E-state index contributed by atoms with van der Waals surface area (Å²) in [4.78, 5) is 0. The summed E-state index contributed by atoms with van der Waals surface area (Å²) in [5, 5.41) is 6.50. The second-order valence-electron chi connectivity index (χ2n) is 3.10. The molecule has 0 aliphatic heterocycles. The molecule has 0 spiro atoms. The van der Waals surface area contributed by atoms with Gasteiger partial charge in [-0.1, -0.05) is 6.07 Å². The van der Waals surface area contributed by atoms with Gasteiger partial charge in [-0.25, -0.2) is 8.78 Å². The average molecular weight is 209 g/mol. The molecule has 0 fully saturated rings. The van der Waals surface area contributed by atoms with Gasteiger partial charge < -0.3 is 5.73 Å². The zero-order chi connectivity index (χ0) is 10.8. The molecule has 3 N–H and O–H groups in total. The van der Waals surface area contributed by atoms with Gasteiger partial charge >= 0.3 is 0 Å². The quantitative estimate of drug-likeness (QED) is 0.792. The number of hydrogen-bond donors (Lipinski definition) is 2. The molecule has 2 aromatic rings. The number of rotatable bonds is 2. The fourth-order valence-corrected chi connectivity index (χ4v) is 1.38. The van der Waals surface area contributed by atoms with Gasteiger partial charge in [0.2, 0.25) is 0 Å². The lowest BCUT2D eigenvalue weighted by Crippen LogP contribution is -1.98. The van der Waals surface area contributed by atoms with E-state index in [9.17, 15) is 8.78 Å².